The maximum absolute atomic E-state index is 13.4. The van der Waals surface area contributed by atoms with Crippen molar-refractivity contribution in [2.24, 2.45) is 16.7 Å². The van der Waals surface area contributed by atoms with Gasteiger partial charge < -0.3 is 19.8 Å². The number of thiophene rings is 1. The molecule has 10 heteroatoms. The van der Waals surface area contributed by atoms with Crippen LogP contribution in [-0.4, -0.2) is 70.9 Å². The standard InChI is InChI=1S/C25H33N3O5S2/c1-24-6-5-19(30)25(2,14-29)18(24)13-17-21(15(24)12-20(31)28-7-9-33-10-8-28)26-23(35-17)27-22(32)16-4-3-11-34-16/h3-4,11,15,18-19,29-30H,5-10,12-14H2,1-2H3,(H,26,27,32). The fourth-order valence-corrected chi connectivity index (χ4v) is 8.06. The third kappa shape index (κ3) is 4.33. The molecule has 2 aliphatic carbocycles. The molecule has 0 bridgehead atoms. The number of thiazole rings is 1. The van der Waals surface area contributed by atoms with E-state index < -0.39 is 11.5 Å². The van der Waals surface area contributed by atoms with E-state index in [1.54, 1.807) is 6.07 Å². The van der Waals surface area contributed by atoms with Crippen LogP contribution in [0.15, 0.2) is 17.5 Å². The lowest BCUT2D eigenvalue weighted by Gasteiger charge is -2.58. The number of hydrogen-bond acceptors (Lipinski definition) is 8. The van der Waals surface area contributed by atoms with Crippen molar-refractivity contribution < 1.29 is 24.5 Å². The lowest BCUT2D eigenvalue weighted by molar-refractivity contribution is -0.149. The van der Waals surface area contributed by atoms with E-state index in [2.05, 4.69) is 12.2 Å². The maximum atomic E-state index is 13.4. The van der Waals surface area contributed by atoms with E-state index in [1.807, 2.05) is 23.3 Å². The van der Waals surface area contributed by atoms with Crippen molar-refractivity contribution >= 4 is 39.6 Å². The Morgan fingerprint density at radius 1 is 1.31 bits per heavy atom. The van der Waals surface area contributed by atoms with Gasteiger partial charge >= 0.3 is 0 Å². The molecular formula is C25H33N3O5S2. The third-order valence-corrected chi connectivity index (χ3v) is 10.5. The van der Waals surface area contributed by atoms with Crippen molar-refractivity contribution in [2.75, 3.05) is 38.2 Å². The minimum atomic E-state index is -0.671. The summed E-state index contributed by atoms with van der Waals surface area (Å²) in [4.78, 5) is 34.5. The predicted molar refractivity (Wildman–Crippen MR) is 135 cm³/mol. The fraction of sp³-hybridized carbons (Fsp3) is 0.640. The molecule has 35 heavy (non-hydrogen) atoms. The zero-order valence-corrected chi connectivity index (χ0v) is 21.8. The molecule has 3 heterocycles. The lowest BCUT2D eigenvalue weighted by Crippen LogP contribution is -2.58. The molecule has 2 fully saturated rings. The molecule has 0 aromatic carbocycles. The van der Waals surface area contributed by atoms with Gasteiger partial charge in [0.05, 0.1) is 36.5 Å². The van der Waals surface area contributed by atoms with E-state index in [0.29, 0.717) is 55.6 Å². The first kappa shape index (κ1) is 24.8. The largest absolute Gasteiger partial charge is 0.396 e. The Morgan fingerprint density at radius 2 is 2.09 bits per heavy atom. The zero-order chi connectivity index (χ0) is 24.8. The highest BCUT2D eigenvalue weighted by Crippen LogP contribution is 2.62. The average Bonchev–Trinajstić information content (AvgIpc) is 3.53. The number of nitrogens with one attached hydrogen (secondary N) is 1. The summed E-state index contributed by atoms with van der Waals surface area (Å²) < 4.78 is 5.43. The minimum Gasteiger partial charge on any atom is -0.396 e. The van der Waals surface area contributed by atoms with Crippen LogP contribution in [0.5, 0.6) is 0 Å². The average molecular weight is 520 g/mol. The van der Waals surface area contributed by atoms with Crippen molar-refractivity contribution in [2.45, 2.75) is 51.6 Å². The normalized spacial score (nSPS) is 32.6. The third-order valence-electron chi connectivity index (χ3n) is 8.60. The Balaban J connectivity index is 1.50. The number of carbonyl (C=O) groups is 2. The van der Waals surface area contributed by atoms with Gasteiger partial charge in [-0.25, -0.2) is 4.98 Å². The number of amides is 2. The zero-order valence-electron chi connectivity index (χ0n) is 20.2. The Hall–Kier alpha value is -1.85. The number of nitrogens with zero attached hydrogens (tertiary/aromatic N) is 2. The second-order valence-corrected chi connectivity index (χ2v) is 12.5. The molecule has 8 nitrogen and oxygen atoms in total. The summed E-state index contributed by atoms with van der Waals surface area (Å²) in [7, 11) is 0. The molecule has 5 rings (SSSR count). The highest BCUT2D eigenvalue weighted by atomic mass is 32.1. The SMILES string of the molecule is CC1(CO)C(O)CCC2(C)C(CC(=O)N3CCOCC3)c3nc(NC(=O)c4cccs4)sc3CC12. The summed E-state index contributed by atoms with van der Waals surface area (Å²) in [6.45, 7) is 6.31. The van der Waals surface area contributed by atoms with Crippen molar-refractivity contribution in [3.8, 4) is 0 Å². The number of fused-ring (bicyclic) bond motifs is 2. The molecule has 3 aliphatic rings. The number of aromatic nitrogens is 1. The summed E-state index contributed by atoms with van der Waals surface area (Å²) in [6, 6.07) is 3.62. The number of rotatable bonds is 5. The second kappa shape index (κ2) is 9.55. The van der Waals surface area contributed by atoms with Crippen LogP contribution in [0.2, 0.25) is 0 Å². The summed E-state index contributed by atoms with van der Waals surface area (Å²) in [5, 5.41) is 26.7. The summed E-state index contributed by atoms with van der Waals surface area (Å²) >= 11 is 2.83. The molecule has 3 N–H and O–H groups in total. The number of aliphatic hydroxyl groups excluding tert-OH is 2. The molecule has 0 spiro atoms. The molecule has 1 saturated carbocycles. The number of carbonyl (C=O) groups excluding carboxylic acids is 2. The van der Waals surface area contributed by atoms with Crippen LogP contribution in [0.25, 0.3) is 0 Å². The van der Waals surface area contributed by atoms with Gasteiger partial charge in [-0.05, 0) is 42.0 Å². The molecule has 2 aromatic heterocycles. The van der Waals surface area contributed by atoms with Crippen LogP contribution in [-0.2, 0) is 16.0 Å². The molecule has 5 atom stereocenters. The van der Waals surface area contributed by atoms with Crippen LogP contribution in [0.1, 0.15) is 59.3 Å². The molecule has 0 radical (unpaired) electrons. The number of ether oxygens (including phenoxy) is 1. The van der Waals surface area contributed by atoms with Gasteiger partial charge in [0, 0.05) is 35.7 Å². The smallest absolute Gasteiger partial charge is 0.267 e. The second-order valence-electron chi connectivity index (χ2n) is 10.5. The molecule has 5 unspecified atom stereocenters. The predicted octanol–water partition coefficient (Wildman–Crippen LogP) is 3.12. The molecular weight excluding hydrogens is 486 g/mol. The van der Waals surface area contributed by atoms with Gasteiger partial charge in [-0.1, -0.05) is 19.9 Å². The Bertz CT molecular complexity index is 1080. The van der Waals surface area contributed by atoms with Gasteiger partial charge in [0.15, 0.2) is 5.13 Å². The van der Waals surface area contributed by atoms with E-state index in [4.69, 9.17) is 9.72 Å². The van der Waals surface area contributed by atoms with E-state index in [9.17, 15) is 19.8 Å². The summed E-state index contributed by atoms with van der Waals surface area (Å²) in [6.07, 6.45) is 1.71. The van der Waals surface area contributed by atoms with Gasteiger partial charge in [-0.2, -0.15) is 0 Å². The van der Waals surface area contributed by atoms with Gasteiger partial charge in [0.1, 0.15) is 0 Å². The Morgan fingerprint density at radius 3 is 2.77 bits per heavy atom. The summed E-state index contributed by atoms with van der Waals surface area (Å²) in [5.74, 6) is -0.278. The fourth-order valence-electron chi connectivity index (χ4n) is 6.38. The van der Waals surface area contributed by atoms with E-state index in [0.717, 1.165) is 17.0 Å². The van der Waals surface area contributed by atoms with E-state index in [1.165, 1.54) is 22.7 Å². The molecule has 1 aliphatic heterocycles. The van der Waals surface area contributed by atoms with Crippen molar-refractivity contribution in [1.29, 1.82) is 0 Å². The van der Waals surface area contributed by atoms with Crippen molar-refractivity contribution in [3.63, 3.8) is 0 Å². The first-order chi connectivity index (χ1) is 16.8. The summed E-state index contributed by atoms with van der Waals surface area (Å²) in [5.41, 5.74) is -0.0992. The van der Waals surface area contributed by atoms with Crippen molar-refractivity contribution in [1.82, 2.24) is 9.88 Å². The molecule has 2 aromatic rings. The van der Waals surface area contributed by atoms with Crippen LogP contribution in [0.4, 0.5) is 5.13 Å². The maximum Gasteiger partial charge on any atom is 0.267 e. The van der Waals surface area contributed by atoms with Crippen LogP contribution in [0.3, 0.4) is 0 Å². The van der Waals surface area contributed by atoms with Gasteiger partial charge in [-0.3, -0.25) is 14.9 Å². The first-order valence-corrected chi connectivity index (χ1v) is 13.9. The van der Waals surface area contributed by atoms with Crippen molar-refractivity contribution in [3.05, 3.63) is 33.0 Å². The van der Waals surface area contributed by atoms with Gasteiger partial charge in [0.2, 0.25) is 5.91 Å². The minimum absolute atomic E-state index is 0.0139. The number of morpholine rings is 1. The number of aliphatic hydroxyl groups is 2. The van der Waals surface area contributed by atoms with E-state index in [-0.39, 0.29) is 35.7 Å². The molecule has 2 amide bonds. The van der Waals surface area contributed by atoms with E-state index >= 15 is 0 Å². The topological polar surface area (TPSA) is 112 Å². The highest BCUT2D eigenvalue weighted by Gasteiger charge is 2.59. The lowest BCUT2D eigenvalue weighted by atomic mass is 9.47. The van der Waals surface area contributed by atoms with Crippen LogP contribution in [0, 0.1) is 16.7 Å². The van der Waals surface area contributed by atoms with Gasteiger partial charge in [-0.15, -0.1) is 22.7 Å². The number of hydrogen-bond donors (Lipinski definition) is 3. The monoisotopic (exact) mass is 519 g/mol. The molecule has 190 valence electrons. The number of anilines is 1. The Labute approximate surface area is 213 Å². The first-order valence-electron chi connectivity index (χ1n) is 12.2. The van der Waals surface area contributed by atoms with Gasteiger partial charge in [0.25, 0.3) is 5.91 Å². The van der Waals surface area contributed by atoms with Crippen LogP contribution < -0.4 is 5.32 Å². The highest BCUT2D eigenvalue weighted by molar-refractivity contribution is 7.16. The Kier molecular flexibility index (Phi) is 6.78. The molecule has 1 saturated heterocycles. The van der Waals surface area contributed by atoms with Crippen LogP contribution >= 0.6 is 22.7 Å². The quantitative estimate of drug-likeness (QED) is 0.560.